The molecule has 31 heavy (non-hydrogen) atoms. The van der Waals surface area contributed by atoms with Crippen LogP contribution < -0.4 is 10.7 Å². The molecule has 0 aromatic heterocycles. The first kappa shape index (κ1) is 22.5. The summed E-state index contributed by atoms with van der Waals surface area (Å²) in [6.07, 6.45) is -1.31. The number of nitrogens with zero attached hydrogens (tertiary/aromatic N) is 1. The Morgan fingerprint density at radius 2 is 1.65 bits per heavy atom. The summed E-state index contributed by atoms with van der Waals surface area (Å²) in [7, 11) is 0. The summed E-state index contributed by atoms with van der Waals surface area (Å²) in [6, 6.07) is 20.1. The van der Waals surface area contributed by atoms with Crippen molar-refractivity contribution in [2.45, 2.75) is 13.0 Å². The quantitative estimate of drug-likeness (QED) is 0.367. The van der Waals surface area contributed by atoms with E-state index >= 15 is 0 Å². The molecule has 0 aliphatic heterocycles. The van der Waals surface area contributed by atoms with E-state index in [1.54, 1.807) is 73.7 Å². The minimum atomic E-state index is -1.31. The predicted octanol–water partition coefficient (Wildman–Crippen LogP) is 4.82. The van der Waals surface area contributed by atoms with Crippen LogP contribution in [0.15, 0.2) is 77.9 Å². The lowest BCUT2D eigenvalue weighted by Gasteiger charge is -2.10. The van der Waals surface area contributed by atoms with E-state index in [1.165, 1.54) is 6.07 Å². The van der Waals surface area contributed by atoms with Crippen LogP contribution >= 0.6 is 23.2 Å². The molecule has 2 amide bonds. The van der Waals surface area contributed by atoms with E-state index in [1.807, 2.05) is 0 Å². The second kappa shape index (κ2) is 10.2. The first-order valence-corrected chi connectivity index (χ1v) is 10.0. The van der Waals surface area contributed by atoms with E-state index < -0.39 is 12.0 Å². The summed E-state index contributed by atoms with van der Waals surface area (Å²) >= 11 is 11.9. The van der Waals surface area contributed by atoms with Crippen molar-refractivity contribution in [2.24, 2.45) is 5.10 Å². The van der Waals surface area contributed by atoms with Crippen molar-refractivity contribution in [1.82, 2.24) is 5.43 Å². The monoisotopic (exact) mass is 455 g/mol. The number of hydrogen-bond acceptors (Lipinski definition) is 4. The van der Waals surface area contributed by atoms with E-state index in [-0.39, 0.29) is 10.9 Å². The number of carbonyl (C=O) groups is 2. The lowest BCUT2D eigenvalue weighted by molar-refractivity contribution is -0.129. The normalized spacial score (nSPS) is 12.2. The number of aliphatic hydroxyl groups is 1. The molecule has 3 rings (SSSR count). The molecule has 0 bridgehead atoms. The zero-order valence-electron chi connectivity index (χ0n) is 16.5. The van der Waals surface area contributed by atoms with Gasteiger partial charge < -0.3 is 10.4 Å². The summed E-state index contributed by atoms with van der Waals surface area (Å²) in [5.74, 6) is -0.990. The van der Waals surface area contributed by atoms with Gasteiger partial charge in [-0.25, -0.2) is 5.43 Å². The van der Waals surface area contributed by atoms with Gasteiger partial charge in [0, 0.05) is 10.7 Å². The lowest BCUT2D eigenvalue weighted by Crippen LogP contribution is -2.26. The fourth-order valence-corrected chi connectivity index (χ4v) is 3.21. The Balaban J connectivity index is 1.62. The zero-order valence-corrected chi connectivity index (χ0v) is 18.0. The molecule has 3 aromatic rings. The van der Waals surface area contributed by atoms with Crippen molar-refractivity contribution in [3.05, 3.63) is 99.5 Å². The Labute approximate surface area is 189 Å². The van der Waals surface area contributed by atoms with Crippen LogP contribution in [0.5, 0.6) is 0 Å². The molecule has 8 heteroatoms. The van der Waals surface area contributed by atoms with Gasteiger partial charge in [0.2, 0.25) is 0 Å². The fraction of sp³-hybridized carbons (Fsp3) is 0.0870. The Kier molecular flexibility index (Phi) is 7.41. The second-order valence-electron chi connectivity index (χ2n) is 6.64. The van der Waals surface area contributed by atoms with Gasteiger partial charge in [-0.1, -0.05) is 65.7 Å². The SMILES string of the molecule is C/C(=N/NC(=O)C(O)c1ccccc1)c1ccc(NC(=O)c2ccc(Cl)cc2Cl)cc1. The summed E-state index contributed by atoms with van der Waals surface area (Å²) < 4.78 is 0. The molecular weight excluding hydrogens is 437 g/mol. The highest BCUT2D eigenvalue weighted by Gasteiger charge is 2.16. The van der Waals surface area contributed by atoms with Gasteiger partial charge in [0.15, 0.2) is 6.10 Å². The van der Waals surface area contributed by atoms with Crippen LogP contribution in [0, 0.1) is 0 Å². The molecule has 1 unspecified atom stereocenters. The highest BCUT2D eigenvalue weighted by atomic mass is 35.5. The van der Waals surface area contributed by atoms with Crippen LogP contribution in [-0.2, 0) is 4.79 Å². The molecule has 0 spiro atoms. The molecule has 0 aliphatic rings. The third-order valence-electron chi connectivity index (χ3n) is 4.43. The first-order valence-electron chi connectivity index (χ1n) is 9.29. The highest BCUT2D eigenvalue weighted by Crippen LogP contribution is 2.22. The number of hydrazone groups is 1. The maximum Gasteiger partial charge on any atom is 0.273 e. The van der Waals surface area contributed by atoms with Crippen LogP contribution in [0.4, 0.5) is 5.69 Å². The van der Waals surface area contributed by atoms with Crippen molar-refractivity contribution in [1.29, 1.82) is 0 Å². The number of halogens is 2. The fourth-order valence-electron chi connectivity index (χ4n) is 2.72. The number of carbonyl (C=O) groups excluding carboxylic acids is 2. The molecule has 0 saturated carbocycles. The number of anilines is 1. The van der Waals surface area contributed by atoms with E-state index in [2.05, 4.69) is 15.8 Å². The smallest absolute Gasteiger partial charge is 0.273 e. The lowest BCUT2D eigenvalue weighted by atomic mass is 10.1. The molecule has 0 heterocycles. The van der Waals surface area contributed by atoms with Gasteiger partial charge in [0.05, 0.1) is 16.3 Å². The average Bonchev–Trinajstić information content (AvgIpc) is 2.77. The van der Waals surface area contributed by atoms with Crippen LogP contribution in [0.1, 0.15) is 34.5 Å². The van der Waals surface area contributed by atoms with Crippen LogP contribution in [-0.4, -0.2) is 22.6 Å². The Bertz CT molecular complexity index is 1120. The van der Waals surface area contributed by atoms with E-state index in [0.29, 0.717) is 27.5 Å². The molecule has 3 aromatic carbocycles. The van der Waals surface area contributed by atoms with E-state index in [4.69, 9.17) is 23.2 Å². The molecule has 1 atom stereocenters. The number of hydrogen-bond donors (Lipinski definition) is 3. The van der Waals surface area contributed by atoms with Gasteiger partial charge >= 0.3 is 0 Å². The third-order valence-corrected chi connectivity index (χ3v) is 4.98. The standard InChI is InChI=1S/C23H19Cl2N3O3/c1-14(27-28-23(31)21(29)16-5-3-2-4-6-16)15-7-10-18(11-8-15)26-22(30)19-12-9-17(24)13-20(19)25/h2-13,21,29H,1H3,(H,26,30)(H,28,31)/b27-14-. The molecule has 0 saturated heterocycles. The van der Waals surface area contributed by atoms with Gasteiger partial charge in [-0.15, -0.1) is 0 Å². The minimum Gasteiger partial charge on any atom is -0.378 e. The number of amides is 2. The van der Waals surface area contributed by atoms with Crippen LogP contribution in [0.2, 0.25) is 10.0 Å². The van der Waals surface area contributed by atoms with Gasteiger partial charge in [0.1, 0.15) is 0 Å². The van der Waals surface area contributed by atoms with Crippen molar-refractivity contribution < 1.29 is 14.7 Å². The average molecular weight is 456 g/mol. The van der Waals surface area contributed by atoms with Crippen LogP contribution in [0.3, 0.4) is 0 Å². The number of benzene rings is 3. The molecule has 3 N–H and O–H groups in total. The van der Waals surface area contributed by atoms with Gasteiger partial charge in [0.25, 0.3) is 11.8 Å². The second-order valence-corrected chi connectivity index (χ2v) is 7.49. The molecule has 6 nitrogen and oxygen atoms in total. The molecule has 0 radical (unpaired) electrons. The van der Waals surface area contributed by atoms with Gasteiger partial charge in [-0.05, 0) is 48.4 Å². The molecular formula is C23H19Cl2N3O3. The summed E-state index contributed by atoms with van der Waals surface area (Å²) in [6.45, 7) is 1.72. The molecule has 0 fully saturated rings. The predicted molar refractivity (Wildman–Crippen MR) is 123 cm³/mol. The van der Waals surface area contributed by atoms with E-state index in [9.17, 15) is 14.7 Å². The van der Waals surface area contributed by atoms with Crippen molar-refractivity contribution in [2.75, 3.05) is 5.32 Å². The number of aliphatic hydroxyl groups excluding tert-OH is 1. The van der Waals surface area contributed by atoms with E-state index in [0.717, 1.165) is 5.56 Å². The Morgan fingerprint density at radius 3 is 2.29 bits per heavy atom. The topological polar surface area (TPSA) is 90.8 Å². The zero-order chi connectivity index (χ0) is 22.4. The number of rotatable bonds is 6. The Hall–Kier alpha value is -3.19. The maximum absolute atomic E-state index is 12.4. The summed E-state index contributed by atoms with van der Waals surface area (Å²) in [4.78, 5) is 24.5. The van der Waals surface area contributed by atoms with Crippen LogP contribution in [0.25, 0.3) is 0 Å². The largest absolute Gasteiger partial charge is 0.378 e. The molecule has 0 aliphatic carbocycles. The first-order chi connectivity index (χ1) is 14.8. The highest BCUT2D eigenvalue weighted by molar-refractivity contribution is 6.37. The van der Waals surface area contributed by atoms with Crippen molar-refractivity contribution in [3.8, 4) is 0 Å². The maximum atomic E-state index is 12.4. The van der Waals surface area contributed by atoms with Gasteiger partial charge in [-0.3, -0.25) is 9.59 Å². The van der Waals surface area contributed by atoms with Crippen molar-refractivity contribution in [3.63, 3.8) is 0 Å². The minimum absolute atomic E-state index is 0.262. The van der Waals surface area contributed by atoms with Crippen molar-refractivity contribution >= 4 is 46.4 Å². The molecule has 158 valence electrons. The summed E-state index contributed by atoms with van der Waals surface area (Å²) in [5.41, 5.74) is 4.99. The Morgan fingerprint density at radius 1 is 0.968 bits per heavy atom. The summed E-state index contributed by atoms with van der Waals surface area (Å²) in [5, 5.41) is 17.6. The number of nitrogens with one attached hydrogen (secondary N) is 2. The van der Waals surface area contributed by atoms with Gasteiger partial charge in [-0.2, -0.15) is 5.10 Å². The third kappa shape index (κ3) is 5.92.